The van der Waals surface area contributed by atoms with E-state index in [0.29, 0.717) is 17.7 Å². The standard InChI is InChI=1S/C19H34ClNO2/c1-21(13-12-20)14-18-15-22-19(23-18,16-8-4-2-5-9-16)17-10-6-3-7-11-17/h16-18H,2-15H2,1H3/t18-/m1/s1. The Morgan fingerprint density at radius 3 is 2.04 bits per heavy atom. The number of likely N-dealkylation sites (N-methyl/N-ethyl adjacent to an activating group) is 1. The highest BCUT2D eigenvalue weighted by atomic mass is 35.5. The van der Waals surface area contributed by atoms with Gasteiger partial charge in [0.25, 0.3) is 0 Å². The third kappa shape index (κ3) is 4.23. The van der Waals surface area contributed by atoms with Crippen LogP contribution in [0.5, 0.6) is 0 Å². The Hall–Kier alpha value is 0.170. The van der Waals surface area contributed by atoms with Crippen LogP contribution in [0.2, 0.25) is 0 Å². The summed E-state index contributed by atoms with van der Waals surface area (Å²) >= 11 is 5.87. The third-order valence-corrected chi connectivity index (χ3v) is 6.34. The van der Waals surface area contributed by atoms with Crippen molar-refractivity contribution in [2.24, 2.45) is 11.8 Å². The van der Waals surface area contributed by atoms with Crippen LogP contribution >= 0.6 is 11.6 Å². The largest absolute Gasteiger partial charge is 0.347 e. The Labute approximate surface area is 147 Å². The summed E-state index contributed by atoms with van der Waals surface area (Å²) in [7, 11) is 2.13. The zero-order chi connectivity index (χ0) is 16.1. The maximum absolute atomic E-state index is 6.74. The second kappa shape index (κ2) is 8.51. The minimum absolute atomic E-state index is 0.215. The maximum Gasteiger partial charge on any atom is 0.174 e. The van der Waals surface area contributed by atoms with Crippen LogP contribution in [-0.4, -0.2) is 49.4 Å². The van der Waals surface area contributed by atoms with E-state index in [-0.39, 0.29) is 11.9 Å². The molecule has 3 rings (SSSR count). The van der Waals surface area contributed by atoms with Crippen molar-refractivity contribution < 1.29 is 9.47 Å². The predicted octanol–water partition coefficient (Wildman–Crippen LogP) is 4.43. The molecule has 0 N–H and O–H groups in total. The van der Waals surface area contributed by atoms with Crippen LogP contribution in [0.3, 0.4) is 0 Å². The number of rotatable bonds is 6. The molecule has 0 unspecified atom stereocenters. The van der Waals surface area contributed by atoms with E-state index >= 15 is 0 Å². The molecule has 1 aliphatic heterocycles. The fraction of sp³-hybridized carbons (Fsp3) is 1.00. The molecule has 0 aromatic carbocycles. The van der Waals surface area contributed by atoms with Crippen LogP contribution in [0, 0.1) is 11.8 Å². The van der Waals surface area contributed by atoms with Gasteiger partial charge in [0.2, 0.25) is 0 Å². The second-order valence-corrected chi connectivity index (χ2v) is 8.27. The molecule has 0 radical (unpaired) electrons. The van der Waals surface area contributed by atoms with E-state index in [0.717, 1.165) is 19.7 Å². The van der Waals surface area contributed by atoms with Crippen molar-refractivity contribution in [1.29, 1.82) is 0 Å². The summed E-state index contributed by atoms with van der Waals surface area (Å²) in [6, 6.07) is 0. The molecule has 0 aromatic rings. The van der Waals surface area contributed by atoms with Crippen molar-refractivity contribution in [2.45, 2.75) is 76.1 Å². The van der Waals surface area contributed by atoms with E-state index in [1.165, 1.54) is 64.2 Å². The average Bonchev–Trinajstić information content (AvgIpc) is 3.02. The Morgan fingerprint density at radius 2 is 1.52 bits per heavy atom. The Kier molecular flexibility index (Phi) is 6.65. The first-order chi connectivity index (χ1) is 11.2. The van der Waals surface area contributed by atoms with Gasteiger partial charge in [-0.3, -0.25) is 0 Å². The van der Waals surface area contributed by atoms with Gasteiger partial charge in [-0.25, -0.2) is 0 Å². The Morgan fingerprint density at radius 1 is 0.957 bits per heavy atom. The molecule has 23 heavy (non-hydrogen) atoms. The molecule has 2 aliphatic carbocycles. The Bertz CT molecular complexity index is 335. The third-order valence-electron chi connectivity index (χ3n) is 6.18. The van der Waals surface area contributed by atoms with Crippen molar-refractivity contribution in [3.8, 4) is 0 Å². The number of hydrogen-bond donors (Lipinski definition) is 0. The Balaban J connectivity index is 1.68. The highest BCUT2D eigenvalue weighted by molar-refractivity contribution is 6.18. The first-order valence-electron chi connectivity index (χ1n) is 9.81. The van der Waals surface area contributed by atoms with Gasteiger partial charge in [-0.15, -0.1) is 11.6 Å². The van der Waals surface area contributed by atoms with E-state index in [1.807, 2.05) is 0 Å². The predicted molar refractivity (Wildman–Crippen MR) is 94.9 cm³/mol. The van der Waals surface area contributed by atoms with Gasteiger partial charge in [-0.1, -0.05) is 38.5 Å². The average molecular weight is 344 g/mol. The van der Waals surface area contributed by atoms with Gasteiger partial charge < -0.3 is 14.4 Å². The van der Waals surface area contributed by atoms with Crippen molar-refractivity contribution in [2.75, 3.05) is 32.6 Å². The van der Waals surface area contributed by atoms with Crippen LogP contribution in [-0.2, 0) is 9.47 Å². The van der Waals surface area contributed by atoms with E-state index in [4.69, 9.17) is 21.1 Å². The number of nitrogens with zero attached hydrogens (tertiary/aromatic N) is 1. The highest BCUT2D eigenvalue weighted by Gasteiger charge is 2.52. The molecule has 134 valence electrons. The lowest BCUT2D eigenvalue weighted by molar-refractivity contribution is -0.250. The van der Waals surface area contributed by atoms with E-state index in [1.54, 1.807) is 0 Å². The van der Waals surface area contributed by atoms with E-state index < -0.39 is 0 Å². The summed E-state index contributed by atoms with van der Waals surface area (Å²) in [5.41, 5.74) is 0. The van der Waals surface area contributed by atoms with Crippen LogP contribution in [0.4, 0.5) is 0 Å². The first kappa shape index (κ1) is 18.0. The fourth-order valence-electron chi connectivity index (χ4n) is 5.00. The van der Waals surface area contributed by atoms with Gasteiger partial charge in [0.05, 0.1) is 12.7 Å². The van der Waals surface area contributed by atoms with E-state index in [9.17, 15) is 0 Å². The fourth-order valence-corrected chi connectivity index (χ4v) is 5.28. The smallest absolute Gasteiger partial charge is 0.174 e. The van der Waals surface area contributed by atoms with Gasteiger partial charge in [0, 0.05) is 30.8 Å². The van der Waals surface area contributed by atoms with Gasteiger partial charge in [0.1, 0.15) is 0 Å². The lowest BCUT2D eigenvalue weighted by atomic mass is 9.72. The summed E-state index contributed by atoms with van der Waals surface area (Å²) in [4.78, 5) is 2.28. The van der Waals surface area contributed by atoms with Crippen molar-refractivity contribution in [3.05, 3.63) is 0 Å². The molecule has 1 saturated heterocycles. The van der Waals surface area contributed by atoms with Crippen molar-refractivity contribution in [3.63, 3.8) is 0 Å². The van der Waals surface area contributed by atoms with Gasteiger partial charge in [-0.05, 0) is 32.7 Å². The van der Waals surface area contributed by atoms with Gasteiger partial charge in [0.15, 0.2) is 5.79 Å². The molecular weight excluding hydrogens is 310 g/mol. The SMILES string of the molecule is CN(CCCl)C[C@@H]1COC(C2CCCCC2)(C2CCCCC2)O1. The number of alkyl halides is 1. The molecule has 1 atom stereocenters. The normalized spacial score (nSPS) is 30.1. The summed E-state index contributed by atoms with van der Waals surface area (Å²) in [6.07, 6.45) is 13.6. The molecule has 3 nitrogen and oxygen atoms in total. The minimum atomic E-state index is -0.271. The topological polar surface area (TPSA) is 21.7 Å². The van der Waals surface area contributed by atoms with Crippen LogP contribution < -0.4 is 0 Å². The molecule has 0 spiro atoms. The molecule has 3 fully saturated rings. The molecule has 0 bridgehead atoms. The zero-order valence-corrected chi connectivity index (χ0v) is 15.5. The summed E-state index contributed by atoms with van der Waals surface area (Å²) < 4.78 is 13.3. The lowest BCUT2D eigenvalue weighted by Gasteiger charge is -2.45. The van der Waals surface area contributed by atoms with Crippen molar-refractivity contribution in [1.82, 2.24) is 4.90 Å². The molecule has 0 aromatic heterocycles. The highest BCUT2D eigenvalue weighted by Crippen LogP contribution is 2.48. The summed E-state index contributed by atoms with van der Waals surface area (Å²) in [6.45, 7) is 2.62. The van der Waals surface area contributed by atoms with Gasteiger partial charge >= 0.3 is 0 Å². The second-order valence-electron chi connectivity index (χ2n) is 7.89. The maximum atomic E-state index is 6.74. The number of halogens is 1. The van der Waals surface area contributed by atoms with Crippen LogP contribution in [0.1, 0.15) is 64.2 Å². The zero-order valence-electron chi connectivity index (χ0n) is 14.8. The molecule has 2 saturated carbocycles. The van der Waals surface area contributed by atoms with E-state index in [2.05, 4.69) is 11.9 Å². The number of hydrogen-bond acceptors (Lipinski definition) is 3. The molecule has 3 aliphatic rings. The molecular formula is C19H34ClNO2. The van der Waals surface area contributed by atoms with Crippen molar-refractivity contribution >= 4 is 11.6 Å². The lowest BCUT2D eigenvalue weighted by Crippen LogP contribution is -2.49. The van der Waals surface area contributed by atoms with Crippen LogP contribution in [0.15, 0.2) is 0 Å². The molecule has 4 heteroatoms. The summed E-state index contributed by atoms with van der Waals surface area (Å²) in [5, 5.41) is 0. The van der Waals surface area contributed by atoms with Crippen LogP contribution in [0.25, 0.3) is 0 Å². The monoisotopic (exact) mass is 343 g/mol. The first-order valence-corrected chi connectivity index (χ1v) is 10.3. The minimum Gasteiger partial charge on any atom is -0.347 e. The summed E-state index contributed by atoms with van der Waals surface area (Å²) in [5.74, 6) is 1.64. The number of ether oxygens (including phenoxy) is 2. The molecule has 1 heterocycles. The van der Waals surface area contributed by atoms with Gasteiger partial charge in [-0.2, -0.15) is 0 Å². The quantitative estimate of drug-likeness (QED) is 0.666. The molecule has 0 amide bonds.